The molecule has 0 aliphatic carbocycles. The minimum absolute atomic E-state index is 0.129. The zero-order valence-electron chi connectivity index (χ0n) is 7.89. The van der Waals surface area contributed by atoms with Crippen LogP contribution in [0.5, 0.6) is 5.75 Å². The lowest BCUT2D eigenvalue weighted by atomic mass is 10.3. The van der Waals surface area contributed by atoms with Crippen LogP contribution in [0.2, 0.25) is 0 Å². The SMILES string of the molecule is O=S(=O)(O)c1ccc(OCCCBr)cc1. The highest BCUT2D eigenvalue weighted by Crippen LogP contribution is 2.15. The number of hydrogen-bond acceptors (Lipinski definition) is 3. The molecule has 0 fully saturated rings. The number of ether oxygens (including phenoxy) is 1. The van der Waals surface area contributed by atoms with E-state index < -0.39 is 10.1 Å². The summed E-state index contributed by atoms with van der Waals surface area (Å²) in [6, 6.07) is 5.63. The molecule has 15 heavy (non-hydrogen) atoms. The van der Waals surface area contributed by atoms with Crippen molar-refractivity contribution in [3.8, 4) is 5.75 Å². The fourth-order valence-electron chi connectivity index (χ4n) is 0.952. The number of benzene rings is 1. The lowest BCUT2D eigenvalue weighted by Gasteiger charge is -2.04. The van der Waals surface area contributed by atoms with Gasteiger partial charge in [-0.05, 0) is 30.7 Å². The van der Waals surface area contributed by atoms with E-state index in [9.17, 15) is 8.42 Å². The van der Waals surface area contributed by atoms with Gasteiger partial charge in [-0.3, -0.25) is 4.55 Å². The summed E-state index contributed by atoms with van der Waals surface area (Å²) in [6.45, 7) is 0.566. The highest BCUT2D eigenvalue weighted by molar-refractivity contribution is 9.09. The van der Waals surface area contributed by atoms with Crippen LogP contribution in [0.1, 0.15) is 6.42 Å². The summed E-state index contributed by atoms with van der Waals surface area (Å²) < 4.78 is 35.5. The highest BCUT2D eigenvalue weighted by Gasteiger charge is 2.08. The van der Waals surface area contributed by atoms with Gasteiger partial charge in [0, 0.05) is 5.33 Å². The van der Waals surface area contributed by atoms with Crippen LogP contribution in [-0.4, -0.2) is 24.9 Å². The van der Waals surface area contributed by atoms with E-state index in [1.54, 1.807) is 0 Å². The summed E-state index contributed by atoms with van der Waals surface area (Å²) in [5.41, 5.74) is 0. The average Bonchev–Trinajstić information content (AvgIpc) is 2.18. The Hall–Kier alpha value is -0.590. The molecule has 1 N–H and O–H groups in total. The summed E-state index contributed by atoms with van der Waals surface area (Å²) >= 11 is 3.27. The van der Waals surface area contributed by atoms with Gasteiger partial charge in [-0.25, -0.2) is 0 Å². The Morgan fingerprint density at radius 1 is 1.27 bits per heavy atom. The van der Waals surface area contributed by atoms with Crippen molar-refractivity contribution in [1.29, 1.82) is 0 Å². The molecular formula is C9H11BrO4S. The summed E-state index contributed by atoms with van der Waals surface area (Å²) in [5, 5.41) is 0.857. The van der Waals surface area contributed by atoms with E-state index in [4.69, 9.17) is 9.29 Å². The van der Waals surface area contributed by atoms with Crippen LogP contribution in [0.15, 0.2) is 29.2 Å². The molecule has 0 unspecified atom stereocenters. The van der Waals surface area contributed by atoms with Crippen LogP contribution >= 0.6 is 15.9 Å². The molecule has 84 valence electrons. The Morgan fingerprint density at radius 3 is 2.33 bits per heavy atom. The van der Waals surface area contributed by atoms with Crippen LogP contribution in [0.4, 0.5) is 0 Å². The van der Waals surface area contributed by atoms with Gasteiger partial charge in [0.1, 0.15) is 5.75 Å². The predicted octanol–water partition coefficient (Wildman–Crippen LogP) is 2.10. The Bertz CT molecular complexity index is 399. The topological polar surface area (TPSA) is 63.6 Å². The Labute approximate surface area is 97.1 Å². The first-order valence-corrected chi connectivity index (χ1v) is 6.86. The van der Waals surface area contributed by atoms with Crippen LogP contribution in [0.3, 0.4) is 0 Å². The lowest BCUT2D eigenvalue weighted by Crippen LogP contribution is -2.00. The number of rotatable bonds is 5. The molecule has 1 rings (SSSR count). The number of hydrogen-bond donors (Lipinski definition) is 1. The third-order valence-corrected chi connectivity index (χ3v) is 3.10. The fourth-order valence-corrected chi connectivity index (χ4v) is 1.66. The first-order valence-electron chi connectivity index (χ1n) is 4.30. The largest absolute Gasteiger partial charge is 0.494 e. The van der Waals surface area contributed by atoms with Crippen molar-refractivity contribution >= 4 is 26.0 Å². The van der Waals surface area contributed by atoms with Gasteiger partial charge in [-0.2, -0.15) is 8.42 Å². The van der Waals surface area contributed by atoms with Crippen molar-refractivity contribution in [3.63, 3.8) is 0 Å². The summed E-state index contributed by atoms with van der Waals surface area (Å²) in [5.74, 6) is 0.586. The van der Waals surface area contributed by atoms with Crippen molar-refractivity contribution in [2.24, 2.45) is 0 Å². The maximum absolute atomic E-state index is 10.7. The van der Waals surface area contributed by atoms with Crippen LogP contribution < -0.4 is 4.74 Å². The van der Waals surface area contributed by atoms with Gasteiger partial charge in [0.15, 0.2) is 0 Å². The first kappa shape index (κ1) is 12.5. The zero-order valence-corrected chi connectivity index (χ0v) is 10.3. The molecule has 0 aromatic heterocycles. The van der Waals surface area contributed by atoms with Gasteiger partial charge in [-0.1, -0.05) is 15.9 Å². The lowest BCUT2D eigenvalue weighted by molar-refractivity contribution is 0.319. The quantitative estimate of drug-likeness (QED) is 0.513. The summed E-state index contributed by atoms with van der Waals surface area (Å²) in [4.78, 5) is -0.129. The molecule has 1 aromatic rings. The predicted molar refractivity (Wildman–Crippen MR) is 60.2 cm³/mol. The molecule has 6 heteroatoms. The van der Waals surface area contributed by atoms with E-state index >= 15 is 0 Å². The van der Waals surface area contributed by atoms with Gasteiger partial charge < -0.3 is 4.74 Å². The molecule has 0 bridgehead atoms. The number of alkyl halides is 1. The molecule has 0 atom stereocenters. The maximum Gasteiger partial charge on any atom is 0.294 e. The maximum atomic E-state index is 10.7. The second-order valence-corrected chi connectivity index (χ2v) is 5.05. The molecule has 0 radical (unpaired) electrons. The molecule has 0 aliphatic heterocycles. The minimum atomic E-state index is -4.11. The van der Waals surface area contributed by atoms with Crippen molar-refractivity contribution in [2.45, 2.75) is 11.3 Å². The van der Waals surface area contributed by atoms with Crippen molar-refractivity contribution < 1.29 is 17.7 Å². The first-order chi connectivity index (χ1) is 7.04. The molecule has 0 aliphatic rings. The van der Waals surface area contributed by atoms with E-state index in [1.165, 1.54) is 24.3 Å². The van der Waals surface area contributed by atoms with Gasteiger partial charge in [0.25, 0.3) is 10.1 Å². The average molecular weight is 295 g/mol. The highest BCUT2D eigenvalue weighted by atomic mass is 79.9. The van der Waals surface area contributed by atoms with Gasteiger partial charge in [0.2, 0.25) is 0 Å². The van der Waals surface area contributed by atoms with Gasteiger partial charge >= 0.3 is 0 Å². The van der Waals surface area contributed by atoms with E-state index in [0.717, 1.165) is 11.8 Å². The molecule has 0 heterocycles. The van der Waals surface area contributed by atoms with Gasteiger partial charge in [-0.15, -0.1) is 0 Å². The second kappa shape index (κ2) is 5.48. The third kappa shape index (κ3) is 4.19. The molecule has 0 saturated heterocycles. The molecule has 0 spiro atoms. The third-order valence-electron chi connectivity index (χ3n) is 1.67. The molecule has 0 saturated carbocycles. The molecular weight excluding hydrogens is 284 g/mol. The smallest absolute Gasteiger partial charge is 0.294 e. The normalized spacial score (nSPS) is 11.3. The van der Waals surface area contributed by atoms with Crippen LogP contribution in [0, 0.1) is 0 Å². The van der Waals surface area contributed by atoms with E-state index in [1.807, 2.05) is 0 Å². The van der Waals surface area contributed by atoms with Gasteiger partial charge in [0.05, 0.1) is 11.5 Å². The van der Waals surface area contributed by atoms with Crippen LogP contribution in [-0.2, 0) is 10.1 Å². The molecule has 4 nitrogen and oxygen atoms in total. The van der Waals surface area contributed by atoms with Crippen LogP contribution in [0.25, 0.3) is 0 Å². The molecule has 0 amide bonds. The van der Waals surface area contributed by atoms with E-state index in [-0.39, 0.29) is 4.90 Å². The molecule has 1 aromatic carbocycles. The van der Waals surface area contributed by atoms with E-state index in [0.29, 0.717) is 12.4 Å². The van der Waals surface area contributed by atoms with Crippen molar-refractivity contribution in [2.75, 3.05) is 11.9 Å². The minimum Gasteiger partial charge on any atom is -0.494 e. The Kier molecular flexibility index (Phi) is 4.56. The number of halogens is 1. The summed E-state index contributed by atoms with van der Waals surface area (Å²) in [6.07, 6.45) is 0.875. The monoisotopic (exact) mass is 294 g/mol. The van der Waals surface area contributed by atoms with Crippen molar-refractivity contribution in [1.82, 2.24) is 0 Å². The summed E-state index contributed by atoms with van der Waals surface area (Å²) in [7, 11) is -4.11. The van der Waals surface area contributed by atoms with E-state index in [2.05, 4.69) is 15.9 Å². The second-order valence-electron chi connectivity index (χ2n) is 2.84. The Morgan fingerprint density at radius 2 is 1.87 bits per heavy atom. The zero-order chi connectivity index (χ0) is 11.3. The standard InChI is InChI=1S/C9H11BrO4S/c10-6-1-7-14-8-2-4-9(5-3-8)15(11,12)13/h2-5H,1,6-7H2,(H,11,12,13). The Balaban J connectivity index is 2.65. The van der Waals surface area contributed by atoms with Crippen molar-refractivity contribution in [3.05, 3.63) is 24.3 Å². The fraction of sp³-hybridized carbons (Fsp3) is 0.333.